The number of para-hydroxylation sites is 1. The number of nitrogens with zero attached hydrogens (tertiary/aromatic N) is 4. The molecule has 2 aromatic carbocycles. The molecule has 0 saturated carbocycles. The molecule has 2 heterocycles. The first-order valence-corrected chi connectivity index (χ1v) is 12.7. The molecular weight excluding hydrogens is 440 g/mol. The topological polar surface area (TPSA) is 64.2 Å². The minimum Gasteiger partial charge on any atom is -0.342 e. The molecule has 2 aliphatic heterocycles. The van der Waals surface area contributed by atoms with E-state index in [-0.39, 0.29) is 24.3 Å². The number of aryl methyl sites for hydroxylation is 1. The van der Waals surface area contributed by atoms with Crippen molar-refractivity contribution in [3.05, 3.63) is 66.2 Å². The second-order valence-corrected chi connectivity index (χ2v) is 9.37. The van der Waals surface area contributed by atoms with E-state index in [1.54, 1.807) is 9.80 Å². The van der Waals surface area contributed by atoms with Gasteiger partial charge in [0.15, 0.2) is 0 Å². The minimum absolute atomic E-state index is 0.00163. The fourth-order valence-corrected chi connectivity index (χ4v) is 5.34. The van der Waals surface area contributed by atoms with Crippen molar-refractivity contribution in [3.8, 4) is 0 Å². The Labute approximate surface area is 208 Å². The van der Waals surface area contributed by atoms with Gasteiger partial charge >= 0.3 is 0 Å². The predicted octanol–water partition coefficient (Wildman–Crippen LogP) is 3.16. The quantitative estimate of drug-likeness (QED) is 0.587. The first kappa shape index (κ1) is 24.8. The molecule has 2 saturated heterocycles. The molecule has 4 rings (SSSR count). The maximum absolute atomic E-state index is 13.8. The van der Waals surface area contributed by atoms with E-state index in [1.807, 2.05) is 79.4 Å². The van der Waals surface area contributed by atoms with Crippen molar-refractivity contribution in [1.29, 1.82) is 0 Å². The molecule has 0 atom stereocenters. The van der Waals surface area contributed by atoms with Crippen LogP contribution in [-0.2, 0) is 20.8 Å². The Morgan fingerprint density at radius 2 is 1.51 bits per heavy atom. The minimum atomic E-state index is -0.721. The number of likely N-dealkylation sites (tertiary alicyclic amines) is 1. The van der Waals surface area contributed by atoms with E-state index in [2.05, 4.69) is 4.90 Å². The zero-order chi connectivity index (χ0) is 24.8. The number of carbonyl (C=O) groups is 3. The van der Waals surface area contributed by atoms with Crippen molar-refractivity contribution in [2.75, 3.05) is 44.3 Å². The number of hydrogen-bond acceptors (Lipinski definition) is 4. The third kappa shape index (κ3) is 5.19. The third-order valence-corrected chi connectivity index (χ3v) is 7.44. The monoisotopic (exact) mass is 476 g/mol. The summed E-state index contributed by atoms with van der Waals surface area (Å²) < 4.78 is 0. The van der Waals surface area contributed by atoms with Crippen molar-refractivity contribution in [3.63, 3.8) is 0 Å². The van der Waals surface area contributed by atoms with Crippen molar-refractivity contribution < 1.29 is 14.4 Å². The normalized spacial score (nSPS) is 17.2. The average Bonchev–Trinajstić information content (AvgIpc) is 3.15. The molecule has 7 heteroatoms. The maximum atomic E-state index is 13.8. The van der Waals surface area contributed by atoms with Gasteiger partial charge in [-0.3, -0.25) is 14.4 Å². The summed E-state index contributed by atoms with van der Waals surface area (Å²) >= 11 is 0. The number of likely N-dealkylation sites (N-methyl/N-ethyl adjacent to an activating group) is 1. The molecule has 0 aliphatic carbocycles. The molecule has 2 aromatic rings. The number of anilines is 1. The van der Waals surface area contributed by atoms with Gasteiger partial charge in [-0.1, -0.05) is 48.5 Å². The lowest BCUT2D eigenvalue weighted by molar-refractivity contribution is -0.142. The number of benzene rings is 2. The predicted molar refractivity (Wildman–Crippen MR) is 137 cm³/mol. The Bertz CT molecular complexity index is 1020. The fourth-order valence-electron chi connectivity index (χ4n) is 5.34. The summed E-state index contributed by atoms with van der Waals surface area (Å²) in [6.45, 7) is 6.73. The molecule has 35 heavy (non-hydrogen) atoms. The van der Waals surface area contributed by atoms with Gasteiger partial charge in [-0.15, -0.1) is 0 Å². The summed E-state index contributed by atoms with van der Waals surface area (Å²) in [5.41, 5.74) is 1.41. The van der Waals surface area contributed by atoms with E-state index >= 15 is 0 Å². The smallest absolute Gasteiger partial charge is 0.250 e. The van der Waals surface area contributed by atoms with Crippen LogP contribution < -0.4 is 4.90 Å². The van der Waals surface area contributed by atoms with Crippen LogP contribution in [-0.4, -0.2) is 77.4 Å². The molecule has 0 radical (unpaired) electrons. The SMILES string of the molecule is CCN(CC)C(=O)CN1CN(c2ccccc2)C2(CCN(C(=O)CCc3ccccc3)CC2)C1=O. The number of carbonyl (C=O) groups excluding carboxylic acids is 3. The first-order valence-electron chi connectivity index (χ1n) is 12.7. The van der Waals surface area contributed by atoms with Gasteiger partial charge in [-0.25, -0.2) is 0 Å². The Morgan fingerprint density at radius 1 is 0.914 bits per heavy atom. The summed E-state index contributed by atoms with van der Waals surface area (Å²) in [7, 11) is 0. The molecule has 2 fully saturated rings. The van der Waals surface area contributed by atoms with Gasteiger partial charge in [0.25, 0.3) is 5.91 Å². The van der Waals surface area contributed by atoms with Crippen LogP contribution in [0.4, 0.5) is 5.69 Å². The van der Waals surface area contributed by atoms with Crippen molar-refractivity contribution in [2.45, 2.75) is 45.1 Å². The summed E-state index contributed by atoms with van der Waals surface area (Å²) in [4.78, 5) is 47.0. The lowest BCUT2D eigenvalue weighted by Gasteiger charge is -2.43. The van der Waals surface area contributed by atoms with Gasteiger partial charge in [-0.05, 0) is 50.8 Å². The Kier molecular flexibility index (Phi) is 7.73. The molecule has 0 unspecified atom stereocenters. The van der Waals surface area contributed by atoms with Crippen molar-refractivity contribution in [1.82, 2.24) is 14.7 Å². The highest BCUT2D eigenvalue weighted by Crippen LogP contribution is 2.39. The summed E-state index contributed by atoms with van der Waals surface area (Å²) in [6.07, 6.45) is 2.32. The number of hydrogen-bond donors (Lipinski definition) is 0. The van der Waals surface area contributed by atoms with Gasteiger partial charge in [0.2, 0.25) is 11.8 Å². The number of rotatable bonds is 8. The molecule has 3 amide bonds. The summed E-state index contributed by atoms with van der Waals surface area (Å²) in [6, 6.07) is 20.0. The molecule has 0 aromatic heterocycles. The lowest BCUT2D eigenvalue weighted by Crippen LogP contribution is -2.57. The van der Waals surface area contributed by atoms with Crippen LogP contribution in [0.5, 0.6) is 0 Å². The highest BCUT2D eigenvalue weighted by Gasteiger charge is 2.54. The second-order valence-electron chi connectivity index (χ2n) is 9.37. The Morgan fingerprint density at radius 3 is 2.11 bits per heavy atom. The van der Waals surface area contributed by atoms with Crippen molar-refractivity contribution in [2.24, 2.45) is 0 Å². The molecule has 0 bridgehead atoms. The molecule has 186 valence electrons. The van der Waals surface area contributed by atoms with E-state index in [4.69, 9.17) is 0 Å². The van der Waals surface area contributed by atoms with Gasteiger partial charge < -0.3 is 19.6 Å². The third-order valence-electron chi connectivity index (χ3n) is 7.44. The van der Waals surface area contributed by atoms with Crippen molar-refractivity contribution >= 4 is 23.4 Å². The zero-order valence-electron chi connectivity index (χ0n) is 20.9. The summed E-state index contributed by atoms with van der Waals surface area (Å²) in [5, 5.41) is 0. The fraction of sp³-hybridized carbons (Fsp3) is 0.464. The lowest BCUT2D eigenvalue weighted by atomic mass is 9.85. The van der Waals surface area contributed by atoms with Gasteiger partial charge in [-0.2, -0.15) is 0 Å². The van der Waals surface area contributed by atoms with Gasteiger partial charge in [0, 0.05) is 38.3 Å². The zero-order valence-corrected chi connectivity index (χ0v) is 20.9. The van der Waals surface area contributed by atoms with E-state index < -0.39 is 5.54 Å². The molecule has 0 N–H and O–H groups in total. The highest BCUT2D eigenvalue weighted by atomic mass is 16.2. The standard InChI is InChI=1S/C28H36N4O3/c1-3-29(4-2)26(34)21-31-22-32(24-13-9-6-10-14-24)28(27(31)35)17-19-30(20-18-28)25(33)16-15-23-11-7-5-8-12-23/h5-14H,3-4,15-22H2,1-2H3. The molecule has 1 spiro atoms. The second kappa shape index (κ2) is 10.9. The summed E-state index contributed by atoms with van der Waals surface area (Å²) in [5.74, 6) is 0.106. The van der Waals surface area contributed by atoms with Gasteiger partial charge in [0.05, 0.1) is 6.67 Å². The van der Waals surface area contributed by atoms with Crippen LogP contribution >= 0.6 is 0 Å². The van der Waals surface area contributed by atoms with Crippen LogP contribution in [0.1, 0.15) is 38.7 Å². The average molecular weight is 477 g/mol. The number of amides is 3. The highest BCUT2D eigenvalue weighted by molar-refractivity contribution is 5.96. The van der Waals surface area contributed by atoms with E-state index in [1.165, 1.54) is 0 Å². The number of piperidine rings is 1. The van der Waals surface area contributed by atoms with Crippen LogP contribution in [0, 0.1) is 0 Å². The molecule has 7 nitrogen and oxygen atoms in total. The maximum Gasteiger partial charge on any atom is 0.250 e. The first-order chi connectivity index (χ1) is 17.0. The van der Waals surface area contributed by atoms with Crippen LogP contribution in [0.3, 0.4) is 0 Å². The van der Waals surface area contributed by atoms with E-state index in [0.29, 0.717) is 52.1 Å². The molecule has 2 aliphatic rings. The Balaban J connectivity index is 1.47. The van der Waals surface area contributed by atoms with Crippen LogP contribution in [0.2, 0.25) is 0 Å². The van der Waals surface area contributed by atoms with Gasteiger partial charge in [0.1, 0.15) is 12.1 Å². The molecular formula is C28H36N4O3. The van der Waals surface area contributed by atoms with E-state index in [0.717, 1.165) is 17.7 Å². The van der Waals surface area contributed by atoms with Crippen LogP contribution in [0.25, 0.3) is 0 Å². The van der Waals surface area contributed by atoms with E-state index in [9.17, 15) is 14.4 Å². The largest absolute Gasteiger partial charge is 0.342 e. The van der Waals surface area contributed by atoms with Crippen LogP contribution in [0.15, 0.2) is 60.7 Å². The Hall–Kier alpha value is -3.35.